The average molecular weight is 341 g/mol. The lowest BCUT2D eigenvalue weighted by molar-refractivity contribution is 1.33. The van der Waals surface area contributed by atoms with Gasteiger partial charge in [0, 0.05) is 12.2 Å². The van der Waals surface area contributed by atoms with Crippen molar-refractivity contribution >= 4 is 11.1 Å². The van der Waals surface area contributed by atoms with Crippen LogP contribution in [0.5, 0.6) is 0 Å². The van der Waals surface area contributed by atoms with Crippen LogP contribution in [-0.4, -0.2) is 0 Å². The van der Waals surface area contributed by atoms with Crippen LogP contribution in [0, 0.1) is 5.92 Å². The van der Waals surface area contributed by atoms with Gasteiger partial charge in [0.15, 0.2) is 0 Å². The predicted octanol–water partition coefficient (Wildman–Crippen LogP) is 6.61. The van der Waals surface area contributed by atoms with Crippen molar-refractivity contribution in [1.29, 1.82) is 0 Å². The zero-order valence-electron chi connectivity index (χ0n) is 14.8. The molecular formula is C27H17+. The lowest BCUT2D eigenvalue weighted by Gasteiger charge is -2.05. The predicted molar refractivity (Wildman–Crippen MR) is 113 cm³/mol. The van der Waals surface area contributed by atoms with Crippen LogP contribution in [0.25, 0.3) is 22.3 Å². The maximum atomic E-state index is 2.40. The van der Waals surface area contributed by atoms with Crippen molar-refractivity contribution in [3.63, 3.8) is 0 Å². The summed E-state index contributed by atoms with van der Waals surface area (Å²) in [5, 5.41) is 0. The molecule has 0 saturated heterocycles. The van der Waals surface area contributed by atoms with E-state index in [1.54, 1.807) is 0 Å². The quantitative estimate of drug-likeness (QED) is 0.342. The Labute approximate surface area is 159 Å². The third kappa shape index (κ3) is 2.01. The zero-order chi connectivity index (χ0) is 17.8. The molecule has 0 aromatic heterocycles. The van der Waals surface area contributed by atoms with Gasteiger partial charge in [-0.2, -0.15) is 0 Å². The summed E-state index contributed by atoms with van der Waals surface area (Å²) in [6.45, 7) is 0. The van der Waals surface area contributed by atoms with Gasteiger partial charge < -0.3 is 0 Å². The lowest BCUT2D eigenvalue weighted by atomic mass is 9.92. The Morgan fingerprint density at radius 2 is 1.19 bits per heavy atom. The Hall–Kier alpha value is -3.51. The zero-order valence-corrected chi connectivity index (χ0v) is 14.8. The van der Waals surface area contributed by atoms with Gasteiger partial charge in [-0.05, 0) is 70.3 Å². The van der Waals surface area contributed by atoms with Gasteiger partial charge in [0.2, 0.25) is 0 Å². The molecule has 6 rings (SSSR count). The van der Waals surface area contributed by atoms with E-state index in [1.807, 2.05) is 0 Å². The van der Waals surface area contributed by atoms with Crippen molar-refractivity contribution in [2.24, 2.45) is 0 Å². The minimum atomic E-state index is 1.32. The SMILES string of the molecule is C1=CC2=C(C=C3c4ccccc4-c4ccccc43)c3ccccc3[C+]2C=C1. The number of hydrogen-bond acceptors (Lipinski definition) is 0. The molecule has 0 unspecified atom stereocenters. The minimum Gasteiger partial charge on any atom is -0.0616 e. The molecular weight excluding hydrogens is 324 g/mol. The summed E-state index contributed by atoms with van der Waals surface area (Å²) in [6, 6.07) is 26.2. The fourth-order valence-corrected chi connectivity index (χ4v) is 4.56. The normalized spacial score (nSPS) is 15.6. The van der Waals surface area contributed by atoms with Gasteiger partial charge >= 0.3 is 0 Å². The van der Waals surface area contributed by atoms with Gasteiger partial charge in [-0.3, -0.25) is 0 Å². The summed E-state index contributed by atoms with van der Waals surface area (Å²) in [6.07, 6.45) is 11.1. The molecule has 0 amide bonds. The molecule has 0 radical (unpaired) electrons. The summed E-state index contributed by atoms with van der Waals surface area (Å²) >= 11 is 0. The Morgan fingerprint density at radius 3 is 1.89 bits per heavy atom. The summed E-state index contributed by atoms with van der Waals surface area (Å²) in [7, 11) is 0. The molecule has 0 N–H and O–H groups in total. The molecule has 0 fully saturated rings. The van der Waals surface area contributed by atoms with Crippen LogP contribution in [0.3, 0.4) is 0 Å². The summed E-state index contributed by atoms with van der Waals surface area (Å²) in [5.41, 5.74) is 12.0. The largest absolute Gasteiger partial charge is 0.0795 e. The molecule has 0 nitrogen and oxygen atoms in total. The van der Waals surface area contributed by atoms with Crippen molar-refractivity contribution in [2.75, 3.05) is 0 Å². The second-order valence-electron chi connectivity index (χ2n) is 7.15. The van der Waals surface area contributed by atoms with Gasteiger partial charge in [0.05, 0.1) is 28.2 Å². The summed E-state index contributed by atoms with van der Waals surface area (Å²) in [5.74, 6) is 1.33. The van der Waals surface area contributed by atoms with E-state index >= 15 is 0 Å². The molecule has 3 aliphatic rings. The van der Waals surface area contributed by atoms with Crippen molar-refractivity contribution in [3.8, 4) is 11.1 Å². The van der Waals surface area contributed by atoms with E-state index in [2.05, 4.69) is 103 Å². The fraction of sp³-hybridized carbons (Fsp3) is 0. The number of allylic oxidation sites excluding steroid dienone is 7. The van der Waals surface area contributed by atoms with Crippen LogP contribution >= 0.6 is 0 Å². The van der Waals surface area contributed by atoms with Gasteiger partial charge in [-0.25, -0.2) is 0 Å². The topological polar surface area (TPSA) is 0 Å². The first-order chi connectivity index (χ1) is 13.4. The van der Waals surface area contributed by atoms with Crippen LogP contribution in [-0.2, 0) is 0 Å². The van der Waals surface area contributed by atoms with Gasteiger partial charge in [-0.1, -0.05) is 48.5 Å². The molecule has 0 heteroatoms. The molecule has 0 spiro atoms. The highest BCUT2D eigenvalue weighted by Gasteiger charge is 2.36. The summed E-state index contributed by atoms with van der Waals surface area (Å²) < 4.78 is 0. The van der Waals surface area contributed by atoms with Gasteiger partial charge in [-0.15, -0.1) is 0 Å². The number of hydrogen-bond donors (Lipinski definition) is 0. The van der Waals surface area contributed by atoms with E-state index in [0.717, 1.165) is 0 Å². The van der Waals surface area contributed by atoms with E-state index in [1.165, 1.54) is 56.0 Å². The van der Waals surface area contributed by atoms with E-state index in [9.17, 15) is 0 Å². The third-order valence-electron chi connectivity index (χ3n) is 5.74. The first-order valence-corrected chi connectivity index (χ1v) is 9.39. The van der Waals surface area contributed by atoms with Gasteiger partial charge in [0.25, 0.3) is 0 Å². The highest BCUT2D eigenvalue weighted by atomic mass is 14.3. The van der Waals surface area contributed by atoms with E-state index < -0.39 is 0 Å². The molecule has 124 valence electrons. The maximum absolute atomic E-state index is 2.40. The lowest BCUT2D eigenvalue weighted by Crippen LogP contribution is -1.96. The third-order valence-corrected chi connectivity index (χ3v) is 5.74. The molecule has 3 aliphatic carbocycles. The highest BCUT2D eigenvalue weighted by Crippen LogP contribution is 2.49. The number of fused-ring (bicyclic) bond motifs is 6. The van der Waals surface area contributed by atoms with Crippen molar-refractivity contribution in [3.05, 3.63) is 137 Å². The van der Waals surface area contributed by atoms with Crippen molar-refractivity contribution in [2.45, 2.75) is 0 Å². The molecule has 0 bridgehead atoms. The smallest absolute Gasteiger partial charge is 0.0616 e. The standard InChI is InChI=1S/C27H17/c1-5-13-22-18(9-1)19-10-2-6-14-23(19)26(22)17-27-24-15-7-3-11-20(24)21-12-4-8-16-25(21)27/h1-17H/q+1. The van der Waals surface area contributed by atoms with E-state index in [-0.39, 0.29) is 0 Å². The monoisotopic (exact) mass is 341 g/mol. The van der Waals surface area contributed by atoms with Gasteiger partial charge in [0.1, 0.15) is 0 Å². The first kappa shape index (κ1) is 14.6. The number of benzene rings is 3. The highest BCUT2D eigenvalue weighted by molar-refractivity contribution is 6.06. The molecule has 3 aromatic rings. The van der Waals surface area contributed by atoms with Crippen LogP contribution < -0.4 is 0 Å². The minimum absolute atomic E-state index is 1.32. The average Bonchev–Trinajstić information content (AvgIpc) is 3.23. The van der Waals surface area contributed by atoms with E-state index in [0.29, 0.717) is 0 Å². The van der Waals surface area contributed by atoms with Crippen LogP contribution in [0.1, 0.15) is 22.3 Å². The molecule has 0 aliphatic heterocycles. The van der Waals surface area contributed by atoms with Crippen molar-refractivity contribution in [1.82, 2.24) is 0 Å². The van der Waals surface area contributed by atoms with Crippen LogP contribution in [0.4, 0.5) is 0 Å². The summed E-state index contributed by atoms with van der Waals surface area (Å²) in [4.78, 5) is 0. The molecule has 0 saturated carbocycles. The Bertz CT molecular complexity index is 1170. The second-order valence-corrected chi connectivity index (χ2v) is 7.15. The van der Waals surface area contributed by atoms with Crippen LogP contribution in [0.2, 0.25) is 0 Å². The molecule has 0 heterocycles. The molecule has 0 atom stereocenters. The van der Waals surface area contributed by atoms with Crippen molar-refractivity contribution < 1.29 is 0 Å². The molecule has 3 aromatic carbocycles. The van der Waals surface area contributed by atoms with Crippen LogP contribution in [0.15, 0.2) is 109 Å². The first-order valence-electron chi connectivity index (χ1n) is 9.39. The second kappa shape index (κ2) is 5.49. The van der Waals surface area contributed by atoms with E-state index in [4.69, 9.17) is 0 Å². The maximum Gasteiger partial charge on any atom is 0.0795 e. The Balaban J connectivity index is 1.64. The number of rotatable bonds is 1. The Morgan fingerprint density at radius 1 is 0.593 bits per heavy atom. The fourth-order valence-electron chi connectivity index (χ4n) is 4.56. The molecule has 27 heavy (non-hydrogen) atoms. The Kier molecular flexibility index (Phi) is 2.98.